The highest BCUT2D eigenvalue weighted by molar-refractivity contribution is 5.16. The van der Waals surface area contributed by atoms with Gasteiger partial charge < -0.3 is 19.3 Å². The molecule has 5 fully saturated rings. The first-order valence-electron chi connectivity index (χ1n) is 11.0. The molecule has 2 aliphatic heterocycles. The Hall–Kier alpha value is -0.420. The van der Waals surface area contributed by atoms with Gasteiger partial charge in [0.25, 0.3) is 0 Å². The minimum atomic E-state index is -0.645. The van der Waals surface area contributed by atoms with Crippen LogP contribution in [0.3, 0.4) is 0 Å². The summed E-state index contributed by atoms with van der Waals surface area (Å²) < 4.78 is 18.9. The van der Waals surface area contributed by atoms with Crippen molar-refractivity contribution in [2.75, 3.05) is 6.61 Å². The highest BCUT2D eigenvalue weighted by atomic mass is 16.7. The first kappa shape index (κ1) is 18.6. The maximum absolute atomic E-state index is 12.0. The molecule has 4 nitrogen and oxygen atoms in total. The lowest BCUT2D eigenvalue weighted by Crippen LogP contribution is -2.68. The molecule has 10 atom stereocenters. The van der Waals surface area contributed by atoms with E-state index >= 15 is 0 Å². The predicted octanol–water partition coefficient (Wildman–Crippen LogP) is 3.92. The summed E-state index contributed by atoms with van der Waals surface area (Å²) in [5, 5.41) is 12.0. The lowest BCUT2D eigenvalue weighted by molar-refractivity contribution is -0.260. The normalized spacial score (nSPS) is 58.7. The summed E-state index contributed by atoms with van der Waals surface area (Å²) >= 11 is 0. The Morgan fingerprint density at radius 1 is 1.11 bits per heavy atom. The van der Waals surface area contributed by atoms with Gasteiger partial charge in [0.2, 0.25) is 0 Å². The molecule has 0 aromatic carbocycles. The molecule has 0 spiro atoms. The van der Waals surface area contributed by atoms with Gasteiger partial charge in [0.15, 0.2) is 6.29 Å². The van der Waals surface area contributed by atoms with E-state index in [9.17, 15) is 5.11 Å². The summed E-state index contributed by atoms with van der Waals surface area (Å²) in [4.78, 5) is 0. The molecule has 0 amide bonds. The topological polar surface area (TPSA) is 47.9 Å². The molecule has 27 heavy (non-hydrogen) atoms. The number of hydrogen-bond acceptors (Lipinski definition) is 4. The van der Waals surface area contributed by atoms with Crippen molar-refractivity contribution < 1.29 is 19.3 Å². The van der Waals surface area contributed by atoms with Gasteiger partial charge in [-0.2, -0.15) is 0 Å². The Labute approximate surface area is 163 Å². The fraction of sp³-hybridized carbons (Fsp3) is 0.913. The summed E-state index contributed by atoms with van der Waals surface area (Å²) in [7, 11) is 0. The average molecular weight is 377 g/mol. The van der Waals surface area contributed by atoms with Gasteiger partial charge >= 0.3 is 0 Å². The maximum Gasteiger partial charge on any atom is 0.177 e. The molecule has 3 saturated carbocycles. The highest BCUT2D eigenvalue weighted by Crippen LogP contribution is 2.65. The van der Waals surface area contributed by atoms with Gasteiger partial charge in [0.1, 0.15) is 0 Å². The first-order chi connectivity index (χ1) is 12.7. The molecule has 0 radical (unpaired) electrons. The monoisotopic (exact) mass is 376 g/mol. The van der Waals surface area contributed by atoms with E-state index in [-0.39, 0.29) is 29.3 Å². The summed E-state index contributed by atoms with van der Waals surface area (Å²) in [5.41, 5.74) is -0.826. The van der Waals surface area contributed by atoms with Crippen molar-refractivity contribution >= 4 is 0 Å². The smallest absolute Gasteiger partial charge is 0.177 e. The molecule has 3 aliphatic carbocycles. The van der Waals surface area contributed by atoms with Crippen LogP contribution in [0.1, 0.15) is 59.8 Å². The Morgan fingerprint density at radius 3 is 2.56 bits per heavy atom. The molecular formula is C23H36O4. The van der Waals surface area contributed by atoms with E-state index in [4.69, 9.17) is 14.2 Å². The fourth-order valence-corrected chi connectivity index (χ4v) is 7.73. The van der Waals surface area contributed by atoms with Gasteiger partial charge in [-0.05, 0) is 66.8 Å². The minimum absolute atomic E-state index is 0.0210. The molecule has 0 aromatic heterocycles. The van der Waals surface area contributed by atoms with Crippen LogP contribution in [0, 0.1) is 34.5 Å². The molecule has 2 bridgehead atoms. The van der Waals surface area contributed by atoms with Gasteiger partial charge in [-0.25, -0.2) is 0 Å². The van der Waals surface area contributed by atoms with Gasteiger partial charge in [-0.15, -0.1) is 0 Å². The third kappa shape index (κ3) is 2.30. The van der Waals surface area contributed by atoms with Crippen molar-refractivity contribution in [1.29, 1.82) is 0 Å². The van der Waals surface area contributed by atoms with E-state index in [2.05, 4.69) is 34.3 Å². The molecule has 3 unspecified atom stereocenters. The van der Waals surface area contributed by atoms with Crippen molar-refractivity contribution in [3.05, 3.63) is 12.7 Å². The van der Waals surface area contributed by atoms with Gasteiger partial charge in [-0.1, -0.05) is 34.3 Å². The molecule has 2 heterocycles. The Bertz CT molecular complexity index is 632. The molecular weight excluding hydrogens is 340 g/mol. The molecule has 0 aromatic rings. The van der Waals surface area contributed by atoms with Crippen molar-refractivity contribution in [3.8, 4) is 0 Å². The molecule has 2 saturated heterocycles. The van der Waals surface area contributed by atoms with E-state index in [1.54, 1.807) is 6.08 Å². The van der Waals surface area contributed by atoms with Crippen molar-refractivity contribution in [1.82, 2.24) is 0 Å². The second-order valence-corrected chi connectivity index (χ2v) is 10.9. The lowest BCUT2D eigenvalue weighted by Gasteiger charge is -2.64. The standard InChI is InChI=1S/C23H36O4/c1-6-17-26-19-18-13(2)7-10-23(24,21(18,3)4)11-15-14-12-25-16(14)8-9-22(15,5)20(19)27-17/h6,13-20,24H,1,7-12H2,2-5H3/t13?,14-,15?,16+,17+,18?,19+,20+,22+,23+/m0/s1. The molecule has 5 rings (SSSR count). The van der Waals surface area contributed by atoms with Crippen LogP contribution in [0.25, 0.3) is 0 Å². The van der Waals surface area contributed by atoms with Crippen LogP contribution in [-0.4, -0.2) is 41.9 Å². The van der Waals surface area contributed by atoms with Crippen LogP contribution < -0.4 is 0 Å². The summed E-state index contributed by atoms with van der Waals surface area (Å²) in [5.74, 6) is 1.78. The zero-order valence-corrected chi connectivity index (χ0v) is 17.3. The number of hydrogen-bond donors (Lipinski definition) is 1. The maximum atomic E-state index is 12.0. The van der Waals surface area contributed by atoms with Crippen LogP contribution in [0.5, 0.6) is 0 Å². The summed E-state index contributed by atoms with van der Waals surface area (Å²) in [6.45, 7) is 14.1. The third-order valence-corrected chi connectivity index (χ3v) is 9.60. The fourth-order valence-electron chi connectivity index (χ4n) is 7.73. The van der Waals surface area contributed by atoms with Crippen LogP contribution >= 0.6 is 0 Å². The van der Waals surface area contributed by atoms with E-state index < -0.39 is 5.60 Å². The molecule has 4 heteroatoms. The lowest BCUT2D eigenvalue weighted by atomic mass is 9.45. The Morgan fingerprint density at radius 2 is 1.89 bits per heavy atom. The van der Waals surface area contributed by atoms with Gasteiger partial charge in [0, 0.05) is 5.92 Å². The number of rotatable bonds is 1. The number of fused-ring (bicyclic) bond motifs is 8. The average Bonchev–Trinajstić information content (AvgIpc) is 3.00. The van der Waals surface area contributed by atoms with E-state index in [0.29, 0.717) is 29.8 Å². The Balaban J connectivity index is 1.64. The number of ether oxygens (including phenoxy) is 3. The van der Waals surface area contributed by atoms with E-state index in [1.807, 2.05) is 0 Å². The third-order valence-electron chi connectivity index (χ3n) is 9.60. The van der Waals surface area contributed by atoms with E-state index in [0.717, 1.165) is 38.7 Å². The zero-order valence-electron chi connectivity index (χ0n) is 17.3. The zero-order chi connectivity index (χ0) is 19.2. The minimum Gasteiger partial charge on any atom is -0.389 e. The molecule has 5 aliphatic rings. The van der Waals surface area contributed by atoms with E-state index in [1.165, 1.54) is 0 Å². The van der Waals surface area contributed by atoms with Crippen molar-refractivity contribution in [2.24, 2.45) is 34.5 Å². The summed E-state index contributed by atoms with van der Waals surface area (Å²) in [6.07, 6.45) is 6.96. The largest absolute Gasteiger partial charge is 0.389 e. The second kappa shape index (κ2) is 5.81. The van der Waals surface area contributed by atoms with Crippen LogP contribution in [0.15, 0.2) is 12.7 Å². The molecule has 152 valence electrons. The van der Waals surface area contributed by atoms with Crippen LogP contribution in [0.4, 0.5) is 0 Å². The highest BCUT2D eigenvalue weighted by Gasteiger charge is 2.67. The van der Waals surface area contributed by atoms with Crippen LogP contribution in [-0.2, 0) is 14.2 Å². The summed E-state index contributed by atoms with van der Waals surface area (Å²) in [6, 6.07) is 0. The quantitative estimate of drug-likeness (QED) is 0.705. The Kier molecular flexibility index (Phi) is 4.00. The van der Waals surface area contributed by atoms with Crippen molar-refractivity contribution in [2.45, 2.75) is 90.0 Å². The first-order valence-corrected chi connectivity index (χ1v) is 11.0. The van der Waals surface area contributed by atoms with Gasteiger partial charge in [0.05, 0.1) is 30.5 Å². The predicted molar refractivity (Wildman–Crippen MR) is 103 cm³/mol. The molecule has 1 N–H and O–H groups in total. The van der Waals surface area contributed by atoms with Crippen LogP contribution in [0.2, 0.25) is 0 Å². The SMILES string of the molecule is C=C[C@@H]1O[C@@H]2C3C(C)CC[C@@](O)(CC4[C@@H]5CO[C@@H]5CC[C@@]4(C)[C@@H]2O1)C3(C)C. The second-order valence-electron chi connectivity index (χ2n) is 10.9. The van der Waals surface area contributed by atoms with Crippen molar-refractivity contribution in [3.63, 3.8) is 0 Å². The van der Waals surface area contributed by atoms with Gasteiger partial charge in [-0.3, -0.25) is 0 Å². The number of aliphatic hydroxyl groups is 1.